The van der Waals surface area contributed by atoms with Crippen molar-refractivity contribution in [2.24, 2.45) is 0 Å². The van der Waals surface area contributed by atoms with Crippen LogP contribution in [-0.4, -0.2) is 69.9 Å². The molecule has 1 amide bonds. The second kappa shape index (κ2) is 9.70. The number of aromatic nitrogens is 4. The monoisotopic (exact) mass is 458 g/mol. The molecule has 4 heterocycles. The standard InChI is InChI=1S/C22H27ClN6O3/c1-15-13-29(18-12-25-26-22(31)21(15)18)16(2)14-32-10-5-20(30)28-8-6-27(7-9-28)19-4-3-17(23)11-24-19/h3-4,11-13,16H,5-10,14H2,1-2H3,(H,26,31). The van der Waals surface area contributed by atoms with Crippen LogP contribution >= 0.6 is 11.6 Å². The van der Waals surface area contributed by atoms with Crippen LogP contribution in [-0.2, 0) is 9.53 Å². The van der Waals surface area contributed by atoms with Crippen LogP contribution in [0.15, 0.2) is 35.5 Å². The van der Waals surface area contributed by atoms with E-state index in [0.29, 0.717) is 43.1 Å². The Kier molecular flexibility index (Phi) is 6.76. The van der Waals surface area contributed by atoms with Crippen LogP contribution in [0.5, 0.6) is 0 Å². The fourth-order valence-electron chi connectivity index (χ4n) is 4.06. The number of aromatic amines is 1. The number of hydrogen-bond acceptors (Lipinski definition) is 6. The second-order valence-electron chi connectivity index (χ2n) is 8.06. The normalized spacial score (nSPS) is 15.3. The zero-order chi connectivity index (χ0) is 22.7. The number of halogens is 1. The van der Waals surface area contributed by atoms with Crippen LogP contribution in [0.25, 0.3) is 10.9 Å². The molecule has 1 N–H and O–H groups in total. The van der Waals surface area contributed by atoms with Crippen LogP contribution < -0.4 is 10.5 Å². The molecule has 170 valence electrons. The van der Waals surface area contributed by atoms with Crippen LogP contribution in [0.1, 0.15) is 24.9 Å². The van der Waals surface area contributed by atoms with E-state index in [0.717, 1.165) is 30.0 Å². The lowest BCUT2D eigenvalue weighted by Gasteiger charge is -2.35. The molecule has 10 heteroatoms. The number of nitrogens with zero attached hydrogens (tertiary/aromatic N) is 5. The number of pyridine rings is 1. The number of aryl methyl sites for hydroxylation is 1. The first kappa shape index (κ1) is 22.3. The molecule has 1 saturated heterocycles. The van der Waals surface area contributed by atoms with E-state index in [1.54, 1.807) is 12.4 Å². The molecule has 0 spiro atoms. The van der Waals surface area contributed by atoms with Crippen molar-refractivity contribution in [3.8, 4) is 0 Å². The minimum atomic E-state index is -0.190. The fourth-order valence-corrected chi connectivity index (χ4v) is 4.18. The number of piperazine rings is 1. The largest absolute Gasteiger partial charge is 0.379 e. The summed E-state index contributed by atoms with van der Waals surface area (Å²) in [5.41, 5.74) is 1.49. The first-order valence-electron chi connectivity index (χ1n) is 10.7. The smallest absolute Gasteiger partial charge is 0.273 e. The SMILES string of the molecule is Cc1cn(C(C)COCCC(=O)N2CCN(c3ccc(Cl)cn3)CC2)c2cn[nH]c(=O)c12. The van der Waals surface area contributed by atoms with E-state index in [2.05, 4.69) is 20.1 Å². The summed E-state index contributed by atoms with van der Waals surface area (Å²) in [4.78, 5) is 33.0. The summed E-state index contributed by atoms with van der Waals surface area (Å²) in [5.74, 6) is 0.975. The van der Waals surface area contributed by atoms with Gasteiger partial charge in [0.1, 0.15) is 5.82 Å². The maximum absolute atomic E-state index is 12.6. The Morgan fingerprint density at radius 2 is 2.03 bits per heavy atom. The van der Waals surface area contributed by atoms with E-state index in [1.807, 2.05) is 41.6 Å². The molecule has 1 atom stereocenters. The summed E-state index contributed by atoms with van der Waals surface area (Å²) < 4.78 is 7.79. The molecule has 1 aliphatic rings. The number of anilines is 1. The number of nitrogens with one attached hydrogen (secondary N) is 1. The molecule has 1 fully saturated rings. The molecule has 0 aromatic carbocycles. The van der Waals surface area contributed by atoms with E-state index in [1.165, 1.54) is 0 Å². The van der Waals surface area contributed by atoms with E-state index < -0.39 is 0 Å². The second-order valence-corrected chi connectivity index (χ2v) is 8.49. The van der Waals surface area contributed by atoms with Crippen molar-refractivity contribution in [3.63, 3.8) is 0 Å². The van der Waals surface area contributed by atoms with E-state index in [-0.39, 0.29) is 17.5 Å². The van der Waals surface area contributed by atoms with Gasteiger partial charge in [0.05, 0.1) is 47.8 Å². The van der Waals surface area contributed by atoms with E-state index >= 15 is 0 Å². The number of fused-ring (bicyclic) bond motifs is 1. The number of carbonyl (C=O) groups excluding carboxylic acids is 1. The third kappa shape index (κ3) is 4.78. The quantitative estimate of drug-likeness (QED) is 0.546. The topological polar surface area (TPSA) is 96.3 Å². The van der Waals surface area contributed by atoms with Gasteiger partial charge < -0.3 is 19.1 Å². The van der Waals surface area contributed by atoms with Gasteiger partial charge in [-0.25, -0.2) is 10.1 Å². The summed E-state index contributed by atoms with van der Waals surface area (Å²) in [6, 6.07) is 3.74. The molecule has 0 radical (unpaired) electrons. The van der Waals surface area contributed by atoms with Gasteiger partial charge in [-0.2, -0.15) is 5.10 Å². The molecule has 3 aromatic heterocycles. The van der Waals surface area contributed by atoms with Gasteiger partial charge in [-0.05, 0) is 31.5 Å². The lowest BCUT2D eigenvalue weighted by molar-refractivity contribution is -0.132. The fraction of sp³-hybridized carbons (Fsp3) is 0.455. The summed E-state index contributed by atoms with van der Waals surface area (Å²) in [6.07, 6.45) is 5.58. The molecule has 1 aliphatic heterocycles. The Labute approximate surface area is 190 Å². The van der Waals surface area contributed by atoms with Crippen molar-refractivity contribution >= 4 is 34.2 Å². The van der Waals surface area contributed by atoms with Crippen molar-refractivity contribution in [3.05, 3.63) is 51.7 Å². The summed E-state index contributed by atoms with van der Waals surface area (Å²) in [7, 11) is 0. The summed E-state index contributed by atoms with van der Waals surface area (Å²) >= 11 is 5.90. The van der Waals surface area contributed by atoms with Crippen LogP contribution in [0.3, 0.4) is 0 Å². The highest BCUT2D eigenvalue weighted by molar-refractivity contribution is 6.30. The maximum atomic E-state index is 12.6. The molecule has 32 heavy (non-hydrogen) atoms. The van der Waals surface area contributed by atoms with Gasteiger partial charge in [0.15, 0.2) is 0 Å². The maximum Gasteiger partial charge on any atom is 0.273 e. The van der Waals surface area contributed by atoms with Crippen molar-refractivity contribution in [1.82, 2.24) is 24.6 Å². The van der Waals surface area contributed by atoms with E-state index in [4.69, 9.17) is 16.3 Å². The van der Waals surface area contributed by atoms with Gasteiger partial charge in [0.2, 0.25) is 5.91 Å². The minimum Gasteiger partial charge on any atom is -0.379 e. The first-order valence-corrected chi connectivity index (χ1v) is 11.1. The number of amides is 1. The Hall–Kier alpha value is -2.91. The van der Waals surface area contributed by atoms with E-state index in [9.17, 15) is 9.59 Å². The minimum absolute atomic E-state index is 0.0142. The highest BCUT2D eigenvalue weighted by Crippen LogP contribution is 2.21. The van der Waals surface area contributed by atoms with Gasteiger partial charge in [-0.15, -0.1) is 0 Å². The lowest BCUT2D eigenvalue weighted by Crippen LogP contribution is -2.49. The summed E-state index contributed by atoms with van der Waals surface area (Å²) in [5, 5.41) is 7.64. The molecule has 0 saturated carbocycles. The molecule has 0 bridgehead atoms. The van der Waals surface area contributed by atoms with Crippen LogP contribution in [0.4, 0.5) is 5.82 Å². The third-order valence-corrected chi connectivity index (χ3v) is 6.03. The van der Waals surface area contributed by atoms with Crippen LogP contribution in [0, 0.1) is 6.92 Å². The highest BCUT2D eigenvalue weighted by atomic mass is 35.5. The zero-order valence-corrected chi connectivity index (χ0v) is 19.0. The highest BCUT2D eigenvalue weighted by Gasteiger charge is 2.22. The molecular formula is C22H27ClN6O3. The molecule has 4 rings (SSSR count). The number of H-pyrrole nitrogens is 1. The lowest BCUT2D eigenvalue weighted by atomic mass is 10.2. The zero-order valence-electron chi connectivity index (χ0n) is 18.3. The van der Waals surface area contributed by atoms with Gasteiger partial charge in [-0.1, -0.05) is 11.6 Å². The number of hydrogen-bond donors (Lipinski definition) is 1. The van der Waals surface area contributed by atoms with Gasteiger partial charge in [-0.3, -0.25) is 9.59 Å². The molecule has 1 unspecified atom stereocenters. The first-order chi connectivity index (χ1) is 15.4. The Morgan fingerprint density at radius 3 is 2.75 bits per heavy atom. The number of rotatable bonds is 7. The molecular weight excluding hydrogens is 432 g/mol. The molecule has 3 aromatic rings. The summed E-state index contributed by atoms with van der Waals surface area (Å²) in [6.45, 7) is 7.54. The number of carbonyl (C=O) groups is 1. The average molecular weight is 459 g/mol. The Bertz CT molecular complexity index is 1130. The predicted molar refractivity (Wildman–Crippen MR) is 123 cm³/mol. The molecule has 0 aliphatic carbocycles. The van der Waals surface area contributed by atoms with Crippen molar-refractivity contribution in [2.45, 2.75) is 26.3 Å². The Balaban J connectivity index is 1.22. The third-order valence-electron chi connectivity index (χ3n) is 5.80. The average Bonchev–Trinajstić information content (AvgIpc) is 3.15. The van der Waals surface area contributed by atoms with Crippen molar-refractivity contribution in [2.75, 3.05) is 44.3 Å². The van der Waals surface area contributed by atoms with Crippen molar-refractivity contribution in [1.29, 1.82) is 0 Å². The molecule has 9 nitrogen and oxygen atoms in total. The van der Waals surface area contributed by atoms with Gasteiger partial charge >= 0.3 is 0 Å². The number of ether oxygens (including phenoxy) is 1. The Morgan fingerprint density at radius 1 is 1.25 bits per heavy atom. The van der Waals surface area contributed by atoms with Gasteiger partial charge in [0, 0.05) is 38.6 Å². The van der Waals surface area contributed by atoms with Crippen LogP contribution in [0.2, 0.25) is 5.02 Å². The van der Waals surface area contributed by atoms with Crippen molar-refractivity contribution < 1.29 is 9.53 Å². The predicted octanol–water partition coefficient (Wildman–Crippen LogP) is 2.40. The van der Waals surface area contributed by atoms with Gasteiger partial charge in [0.25, 0.3) is 5.56 Å².